The molecule has 0 fully saturated rings. The van der Waals surface area contributed by atoms with Crippen LogP contribution in [0.4, 0.5) is 15.9 Å². The van der Waals surface area contributed by atoms with Gasteiger partial charge >= 0.3 is 0 Å². The molecule has 2 aliphatic rings. The van der Waals surface area contributed by atoms with Crippen molar-refractivity contribution in [2.75, 3.05) is 10.6 Å². The molecule has 0 radical (unpaired) electrons. The number of anilines is 2. The maximum atomic E-state index is 14.9. The molecule has 4 aromatic rings. The molecular weight excluding hydrogens is 537 g/mol. The Morgan fingerprint density at radius 1 is 1.10 bits per heavy atom. The van der Waals surface area contributed by atoms with E-state index < -0.39 is 23.8 Å². The van der Waals surface area contributed by atoms with Gasteiger partial charge in [-0.05, 0) is 39.0 Å². The standard InChI is InChI=1S/C31H30FN7O3/c1-17(2)34-23-13-12-20(16-33-23)26-24(31-39(38-26)15-14-18(3)42-31)29(40)37-28-30(41)36-27-21(10-7-11-22(27)32)25(35-28)19-8-5-4-6-9-19/h4-13,16-18,28H,14-15H2,1-3H3,(H,33,34)(H,36,41)(H,37,40)/t18-,28+/m0/s1. The van der Waals surface area contributed by atoms with Crippen LogP contribution in [0.1, 0.15) is 48.7 Å². The number of rotatable bonds is 6. The zero-order valence-electron chi connectivity index (χ0n) is 23.4. The third-order valence-corrected chi connectivity index (χ3v) is 7.01. The Bertz CT molecular complexity index is 1680. The average molecular weight is 568 g/mol. The van der Waals surface area contributed by atoms with E-state index in [1.165, 1.54) is 6.07 Å². The first kappa shape index (κ1) is 27.1. The molecule has 4 heterocycles. The molecule has 0 saturated carbocycles. The van der Waals surface area contributed by atoms with Crippen molar-refractivity contribution in [3.05, 3.63) is 89.4 Å². The topological polar surface area (TPSA) is 123 Å². The van der Waals surface area contributed by atoms with Gasteiger partial charge in [-0.15, -0.1) is 0 Å². The highest BCUT2D eigenvalue weighted by atomic mass is 19.1. The number of hydrogen-bond acceptors (Lipinski definition) is 7. The number of benzodiazepines with no additional fused rings is 1. The van der Waals surface area contributed by atoms with Crippen molar-refractivity contribution in [2.45, 2.75) is 52.0 Å². The van der Waals surface area contributed by atoms with Crippen molar-refractivity contribution in [3.63, 3.8) is 0 Å². The number of amides is 2. The second kappa shape index (κ2) is 11.1. The van der Waals surface area contributed by atoms with Crippen molar-refractivity contribution in [2.24, 2.45) is 4.99 Å². The van der Waals surface area contributed by atoms with E-state index in [-0.39, 0.29) is 23.4 Å². The van der Waals surface area contributed by atoms with Gasteiger partial charge in [0.1, 0.15) is 22.9 Å². The lowest BCUT2D eigenvalue weighted by atomic mass is 10.0. The Balaban J connectivity index is 1.40. The van der Waals surface area contributed by atoms with Gasteiger partial charge in [-0.3, -0.25) is 9.59 Å². The van der Waals surface area contributed by atoms with Crippen molar-refractivity contribution < 1.29 is 18.7 Å². The van der Waals surface area contributed by atoms with Crippen LogP contribution in [0.5, 0.6) is 5.88 Å². The summed E-state index contributed by atoms with van der Waals surface area (Å²) in [4.78, 5) is 36.5. The highest BCUT2D eigenvalue weighted by Gasteiger charge is 2.34. The summed E-state index contributed by atoms with van der Waals surface area (Å²) in [6, 6.07) is 17.5. The second-order valence-corrected chi connectivity index (χ2v) is 10.6. The number of halogens is 1. The minimum absolute atomic E-state index is 0.00350. The number of aliphatic imine (C=N–C) groups is 1. The number of nitrogens with one attached hydrogen (secondary N) is 3. The number of carbonyl (C=O) groups excluding carboxylic acids is 2. The number of nitrogens with zero attached hydrogens (tertiary/aromatic N) is 4. The second-order valence-electron chi connectivity index (χ2n) is 10.6. The summed E-state index contributed by atoms with van der Waals surface area (Å²) >= 11 is 0. The summed E-state index contributed by atoms with van der Waals surface area (Å²) in [5, 5.41) is 13.3. The number of hydrogen-bond donors (Lipinski definition) is 3. The van der Waals surface area contributed by atoms with E-state index in [9.17, 15) is 14.0 Å². The largest absolute Gasteiger partial charge is 0.474 e. The summed E-state index contributed by atoms with van der Waals surface area (Å²) < 4.78 is 22.6. The van der Waals surface area contributed by atoms with Crippen molar-refractivity contribution in [1.82, 2.24) is 20.1 Å². The Labute approximate surface area is 242 Å². The molecule has 10 nitrogen and oxygen atoms in total. The fourth-order valence-electron chi connectivity index (χ4n) is 5.01. The number of aryl methyl sites for hydroxylation is 1. The number of pyridine rings is 1. The Hall–Kier alpha value is -5.06. The molecule has 2 amide bonds. The number of fused-ring (bicyclic) bond motifs is 2. The van der Waals surface area contributed by atoms with Crippen LogP contribution < -0.4 is 20.7 Å². The molecule has 0 spiro atoms. The first-order valence-corrected chi connectivity index (χ1v) is 13.8. The van der Waals surface area contributed by atoms with Gasteiger partial charge in [0.2, 0.25) is 12.0 Å². The Kier molecular flexibility index (Phi) is 7.15. The summed E-state index contributed by atoms with van der Waals surface area (Å²) in [7, 11) is 0. The van der Waals surface area contributed by atoms with E-state index in [0.29, 0.717) is 46.3 Å². The van der Waals surface area contributed by atoms with Gasteiger partial charge < -0.3 is 20.7 Å². The summed E-state index contributed by atoms with van der Waals surface area (Å²) in [6.45, 7) is 6.52. The molecule has 2 aliphatic heterocycles. The van der Waals surface area contributed by atoms with Crippen LogP contribution >= 0.6 is 0 Å². The van der Waals surface area contributed by atoms with Gasteiger partial charge in [-0.1, -0.05) is 42.5 Å². The molecule has 0 unspecified atom stereocenters. The third-order valence-electron chi connectivity index (χ3n) is 7.01. The van der Waals surface area contributed by atoms with Gasteiger partial charge in [-0.2, -0.15) is 5.10 Å². The SMILES string of the molecule is CC(C)Nc1ccc(-c2nn3c(c2C(=O)N[C@H]2N=C(c4ccccc4)c4cccc(F)c4NC2=O)O[C@@H](C)CC3)cn1. The number of benzene rings is 2. The number of carbonyl (C=O) groups is 2. The zero-order chi connectivity index (χ0) is 29.4. The molecule has 42 heavy (non-hydrogen) atoms. The molecule has 0 saturated heterocycles. The van der Waals surface area contributed by atoms with Crippen molar-refractivity contribution >= 4 is 29.0 Å². The molecule has 2 aromatic carbocycles. The highest BCUT2D eigenvalue weighted by molar-refractivity contribution is 6.20. The van der Waals surface area contributed by atoms with E-state index in [1.807, 2.05) is 63.2 Å². The van der Waals surface area contributed by atoms with Gasteiger partial charge in [0.15, 0.2) is 0 Å². The van der Waals surface area contributed by atoms with E-state index >= 15 is 0 Å². The molecule has 11 heteroatoms. The van der Waals surface area contributed by atoms with E-state index in [2.05, 4.69) is 31.0 Å². The summed E-state index contributed by atoms with van der Waals surface area (Å²) in [5.41, 5.74) is 2.61. The lowest BCUT2D eigenvalue weighted by Gasteiger charge is -2.22. The molecule has 0 aliphatic carbocycles. The minimum Gasteiger partial charge on any atom is -0.474 e. The predicted octanol–water partition coefficient (Wildman–Crippen LogP) is 4.62. The van der Waals surface area contributed by atoms with Gasteiger partial charge in [0, 0.05) is 41.9 Å². The first-order valence-electron chi connectivity index (χ1n) is 13.8. The molecule has 2 aromatic heterocycles. The van der Waals surface area contributed by atoms with Crippen LogP contribution in [-0.4, -0.2) is 50.6 Å². The molecule has 214 valence electrons. The molecule has 3 N–H and O–H groups in total. The normalized spacial score (nSPS) is 17.7. The quantitative estimate of drug-likeness (QED) is 0.313. The molecular formula is C31H30FN7O3. The van der Waals surface area contributed by atoms with Crippen LogP contribution in [-0.2, 0) is 11.3 Å². The average Bonchev–Trinajstić information content (AvgIpc) is 3.28. The van der Waals surface area contributed by atoms with Crippen LogP contribution in [0, 0.1) is 5.82 Å². The third kappa shape index (κ3) is 5.20. The number of ether oxygens (including phenoxy) is 1. The van der Waals surface area contributed by atoms with E-state index in [0.717, 1.165) is 6.42 Å². The Morgan fingerprint density at radius 3 is 2.64 bits per heavy atom. The lowest BCUT2D eigenvalue weighted by molar-refractivity contribution is -0.117. The fourth-order valence-corrected chi connectivity index (χ4v) is 5.01. The Morgan fingerprint density at radius 2 is 1.90 bits per heavy atom. The van der Waals surface area contributed by atoms with Crippen LogP contribution in [0.15, 0.2) is 71.9 Å². The van der Waals surface area contributed by atoms with E-state index in [1.54, 1.807) is 23.0 Å². The first-order chi connectivity index (χ1) is 20.3. The predicted molar refractivity (Wildman–Crippen MR) is 157 cm³/mol. The highest BCUT2D eigenvalue weighted by Crippen LogP contribution is 2.34. The fraction of sp³-hybridized carbons (Fsp3) is 0.258. The smallest absolute Gasteiger partial charge is 0.269 e. The minimum atomic E-state index is -1.36. The zero-order valence-corrected chi connectivity index (χ0v) is 23.4. The van der Waals surface area contributed by atoms with Crippen LogP contribution in [0.3, 0.4) is 0 Å². The van der Waals surface area contributed by atoms with Crippen molar-refractivity contribution in [1.29, 1.82) is 0 Å². The van der Waals surface area contributed by atoms with Gasteiger partial charge in [0.05, 0.1) is 17.5 Å². The van der Waals surface area contributed by atoms with E-state index in [4.69, 9.17) is 4.74 Å². The summed E-state index contributed by atoms with van der Waals surface area (Å²) in [6.07, 6.45) is 0.873. The maximum absolute atomic E-state index is 14.9. The monoisotopic (exact) mass is 567 g/mol. The van der Waals surface area contributed by atoms with Crippen molar-refractivity contribution in [3.8, 4) is 17.1 Å². The van der Waals surface area contributed by atoms with Gasteiger partial charge in [0.25, 0.3) is 11.8 Å². The molecule has 2 atom stereocenters. The lowest BCUT2D eigenvalue weighted by Crippen LogP contribution is -2.42. The number of para-hydroxylation sites is 1. The maximum Gasteiger partial charge on any atom is 0.269 e. The molecule has 0 bridgehead atoms. The molecule has 6 rings (SSSR count). The summed E-state index contributed by atoms with van der Waals surface area (Å²) in [5.74, 6) is -0.884. The van der Waals surface area contributed by atoms with Gasteiger partial charge in [-0.25, -0.2) is 19.0 Å². The number of aromatic nitrogens is 3. The van der Waals surface area contributed by atoms with Crippen LogP contribution in [0.2, 0.25) is 0 Å². The van der Waals surface area contributed by atoms with Crippen LogP contribution in [0.25, 0.3) is 11.3 Å².